The van der Waals surface area contributed by atoms with Crippen LogP contribution in [0.2, 0.25) is 0 Å². The van der Waals surface area contributed by atoms with Crippen LogP contribution in [-0.2, 0) is 61.2 Å². The summed E-state index contributed by atoms with van der Waals surface area (Å²) in [5.41, 5.74) is 13.0. The molecule has 4 aliphatic heterocycles. The lowest BCUT2D eigenvalue weighted by Crippen LogP contribution is -2.41. The molecular formula is C48H60N10O16P3S+. The zero-order valence-corrected chi connectivity index (χ0v) is 46.2. The Morgan fingerprint density at radius 2 is 1.72 bits per heavy atom. The van der Waals surface area contributed by atoms with E-state index in [-0.39, 0.29) is 54.9 Å². The molecule has 5 aromatic rings. The predicted octanol–water partition coefficient (Wildman–Crippen LogP) is 2.47. The van der Waals surface area contributed by atoms with Gasteiger partial charge in [0.15, 0.2) is 23.8 Å². The monoisotopic (exact) mass is 1160 g/mol. The van der Waals surface area contributed by atoms with Gasteiger partial charge in [0.25, 0.3) is 5.91 Å². The summed E-state index contributed by atoms with van der Waals surface area (Å²) in [6, 6.07) is 16.4. The minimum atomic E-state index is -5.66. The second-order valence-corrected chi connectivity index (χ2v) is 24.7. The van der Waals surface area contributed by atoms with Gasteiger partial charge in [-0.1, -0.05) is 18.2 Å². The second kappa shape index (κ2) is 23.5. The lowest BCUT2D eigenvalue weighted by molar-refractivity contribution is -0.121. The maximum absolute atomic E-state index is 14.5. The Balaban J connectivity index is 0.821. The molecule has 6 heterocycles. The maximum Gasteiger partial charge on any atom is 0.488 e. The molecule has 26 nitrogen and oxygen atoms in total. The average Bonchev–Trinajstić information content (AvgIpc) is 4.11. The van der Waals surface area contributed by atoms with E-state index in [4.69, 9.17) is 24.5 Å². The van der Waals surface area contributed by atoms with Crippen LogP contribution in [0.3, 0.4) is 0 Å². The number of ether oxygens (including phenoxy) is 3. The number of aryl methyl sites for hydroxylation is 2. The number of phosphoric ester groups is 1. The molecule has 0 saturated carbocycles. The van der Waals surface area contributed by atoms with Gasteiger partial charge in [-0.15, -0.1) is 0 Å². The van der Waals surface area contributed by atoms with Gasteiger partial charge in [0.2, 0.25) is 11.3 Å². The van der Waals surface area contributed by atoms with Crippen molar-refractivity contribution < 1.29 is 75.5 Å². The number of nitrogens with one attached hydrogen (secondary N) is 2. The van der Waals surface area contributed by atoms with Gasteiger partial charge in [0, 0.05) is 91.8 Å². The summed E-state index contributed by atoms with van der Waals surface area (Å²) in [7, 11) is -9.51. The van der Waals surface area contributed by atoms with Crippen molar-refractivity contribution in [3.63, 3.8) is 0 Å². The number of benzene rings is 3. The molecule has 1 fully saturated rings. The van der Waals surface area contributed by atoms with Crippen LogP contribution in [0.4, 0.5) is 16.3 Å². The number of carbonyl (C=O) groups is 3. The van der Waals surface area contributed by atoms with E-state index in [1.165, 1.54) is 33.1 Å². The SMILES string of the molecule is CCN1CCCc2cc3c(cc21)Oc1cc2c(cc1=C3c1ccccc1C(=O)N(C)CCCC(=O)NCCNC(=O)O[C@@H]1[C@H](O)[C@@H](COP(=O)(O)OP(=O)(O)OP(O)(O)=S)O[C@H]1n1cnc3c(N)ncnc31)CCC[N+]=2CC. The number of imidazole rings is 1. The molecule has 1 saturated heterocycles. The molecule has 0 aliphatic carbocycles. The number of hydrogen-bond donors (Lipinski definition) is 8. The van der Waals surface area contributed by atoms with Crippen molar-refractivity contribution in [1.29, 1.82) is 0 Å². The normalized spacial score (nSPS) is 20.3. The summed E-state index contributed by atoms with van der Waals surface area (Å²) in [6.45, 7) is 2.21. The van der Waals surface area contributed by atoms with Gasteiger partial charge in [0.1, 0.15) is 48.6 Å². The molecule has 9 N–H and O–H groups in total. The van der Waals surface area contributed by atoms with Crippen LogP contribution in [0.5, 0.6) is 11.5 Å². The molecule has 0 spiro atoms. The number of nitrogens with two attached hydrogens (primary N) is 1. The molecule has 418 valence electrons. The fourth-order valence-corrected chi connectivity index (χ4v) is 14.0. The van der Waals surface area contributed by atoms with Crippen LogP contribution in [-0.4, -0.2) is 145 Å². The van der Waals surface area contributed by atoms with E-state index in [2.05, 4.69) is 93.6 Å². The van der Waals surface area contributed by atoms with Crippen LogP contribution in [0.25, 0.3) is 16.7 Å². The number of phosphoric acid groups is 2. The first-order chi connectivity index (χ1) is 37.1. The van der Waals surface area contributed by atoms with Crippen molar-refractivity contribution >= 4 is 80.3 Å². The van der Waals surface area contributed by atoms with Crippen molar-refractivity contribution in [3.05, 3.63) is 99.6 Å². The number of nitrogens with zero attached hydrogens (tertiary/aromatic N) is 7. The lowest BCUT2D eigenvalue weighted by Gasteiger charge is -2.33. The number of nitrogen functional groups attached to an aromatic ring is 1. The molecule has 2 aromatic heterocycles. The number of carbonyl (C=O) groups excluding carboxylic acids is 3. The largest absolute Gasteiger partial charge is 0.488 e. The number of alkyl carbamates (subject to hydrolysis) is 1. The van der Waals surface area contributed by atoms with Crippen LogP contribution >= 0.6 is 22.4 Å². The van der Waals surface area contributed by atoms with Crippen LogP contribution < -0.4 is 41.2 Å². The molecule has 0 radical (unpaired) electrons. The highest BCUT2D eigenvalue weighted by molar-refractivity contribution is 8.08. The minimum absolute atomic E-state index is 0.0209. The Labute approximate surface area is 451 Å². The van der Waals surface area contributed by atoms with Crippen molar-refractivity contribution in [3.8, 4) is 11.5 Å². The Bertz CT molecular complexity index is 3440. The van der Waals surface area contributed by atoms with E-state index in [9.17, 15) is 48.2 Å². The number of anilines is 2. The number of aliphatic hydroxyl groups is 1. The molecule has 3 aromatic carbocycles. The van der Waals surface area contributed by atoms with Crippen molar-refractivity contribution in [2.75, 3.05) is 70.1 Å². The van der Waals surface area contributed by atoms with Gasteiger partial charge in [-0.05, 0) is 80.7 Å². The standard InChI is InChI=1S/C48H59N10O16P3S/c1-4-56-19-8-11-28-21-32-36(23-34(28)56)70-37-24-35-29(12-9-20-57(35)5-2)22-33(37)40(32)30-13-6-7-14-31(30)46(61)55(3)18-10-15-39(59)50-16-17-51-48(62)72-43-42(60)38(25-69-75(63,64)73-76(65,66)74-77(67,68)78)71-47(43)58-27-54-41-44(49)52-26-53-45(41)58/h6-7,13-14,21-24,26-27,38,42-43,47,60H,4-5,8-12,15-20,25H2,1-3H3,(H7-,49,50,51,52,53,59,62,63,64,65,66,67,68,78)/p+1/t38-,42-,43-,47-/m1/s1. The molecule has 2 unspecified atom stereocenters. The number of amides is 3. The molecule has 30 heteroatoms. The van der Waals surface area contributed by atoms with E-state index < -0.39 is 59.6 Å². The van der Waals surface area contributed by atoms with Gasteiger partial charge in [-0.3, -0.25) is 18.7 Å². The van der Waals surface area contributed by atoms with Crippen molar-refractivity contribution in [1.82, 2.24) is 39.6 Å². The smallest absolute Gasteiger partial charge is 0.456 e. The van der Waals surface area contributed by atoms with Crippen LogP contribution in [0.15, 0.2) is 61.2 Å². The molecule has 0 bridgehead atoms. The predicted molar refractivity (Wildman–Crippen MR) is 285 cm³/mol. The highest BCUT2D eigenvalue weighted by atomic mass is 32.5. The third-order valence-electron chi connectivity index (χ3n) is 13.7. The molecule has 4 aliphatic rings. The first-order valence-electron chi connectivity index (χ1n) is 25.1. The fourth-order valence-electron chi connectivity index (χ4n) is 10.2. The Morgan fingerprint density at radius 3 is 2.49 bits per heavy atom. The van der Waals surface area contributed by atoms with Gasteiger partial charge >= 0.3 is 28.5 Å². The third-order valence-corrected chi connectivity index (χ3v) is 18.1. The number of fused-ring (bicyclic) bond motifs is 5. The van der Waals surface area contributed by atoms with Crippen LogP contribution in [0.1, 0.15) is 78.4 Å². The third kappa shape index (κ3) is 12.6. The lowest BCUT2D eigenvalue weighted by atomic mass is 9.86. The number of aromatic nitrogens is 4. The summed E-state index contributed by atoms with van der Waals surface area (Å²) in [5.74, 6) is 0.913. The molecule has 6 atom stereocenters. The number of rotatable bonds is 20. The number of hydrogen-bond acceptors (Lipinski definition) is 18. The number of aliphatic hydroxyl groups excluding tert-OH is 1. The van der Waals surface area contributed by atoms with E-state index in [1.807, 2.05) is 24.3 Å². The van der Waals surface area contributed by atoms with Crippen LogP contribution in [0, 0.1) is 0 Å². The quantitative estimate of drug-likeness (QED) is 0.0309. The first kappa shape index (κ1) is 56.9. The van der Waals surface area contributed by atoms with E-state index >= 15 is 0 Å². The zero-order chi connectivity index (χ0) is 55.7. The summed E-state index contributed by atoms with van der Waals surface area (Å²) in [6.07, 6.45) is -0.927. The van der Waals surface area contributed by atoms with Crippen molar-refractivity contribution in [2.45, 2.75) is 76.9 Å². The summed E-state index contributed by atoms with van der Waals surface area (Å²) >= 11 is 4.10. The highest BCUT2D eigenvalue weighted by Crippen LogP contribution is 2.66. The molecule has 78 heavy (non-hydrogen) atoms. The topological polar surface area (TPSA) is 345 Å². The van der Waals surface area contributed by atoms with E-state index in [0.717, 1.165) is 91.6 Å². The van der Waals surface area contributed by atoms with Gasteiger partial charge in [0.05, 0.1) is 19.0 Å². The second-order valence-electron chi connectivity index (χ2n) is 18.8. The van der Waals surface area contributed by atoms with Gasteiger partial charge in [-0.25, -0.2) is 37.8 Å². The first-order valence-corrected chi connectivity index (χ1v) is 30.8. The Morgan fingerprint density at radius 1 is 0.949 bits per heavy atom. The Hall–Kier alpha value is -5.76. The Kier molecular flexibility index (Phi) is 17.2. The minimum Gasteiger partial charge on any atom is -0.456 e. The van der Waals surface area contributed by atoms with Gasteiger partial charge in [-0.2, -0.15) is 4.31 Å². The molecular weight excluding hydrogens is 1100 g/mol. The maximum atomic E-state index is 14.5. The zero-order valence-electron chi connectivity index (χ0n) is 42.7. The van der Waals surface area contributed by atoms with E-state index in [0.29, 0.717) is 12.0 Å². The van der Waals surface area contributed by atoms with Crippen molar-refractivity contribution in [2.24, 2.45) is 0 Å². The summed E-state index contributed by atoms with van der Waals surface area (Å²) < 4.78 is 59.0. The van der Waals surface area contributed by atoms with Gasteiger partial charge < -0.3 is 65.1 Å². The molecule has 9 rings (SSSR count). The van der Waals surface area contributed by atoms with E-state index in [1.54, 1.807) is 11.9 Å². The summed E-state index contributed by atoms with van der Waals surface area (Å²) in [5, 5.41) is 18.6. The highest BCUT2D eigenvalue weighted by Gasteiger charge is 2.50. The summed E-state index contributed by atoms with van der Waals surface area (Å²) in [4.78, 5) is 95.0. The average molecular weight is 1160 g/mol. The fraction of sp³-hybridized carbons (Fsp3) is 0.438. The molecule has 3 amide bonds.